The number of halogens is 2. The number of aliphatic hydroxyl groups is 1. The van der Waals surface area contributed by atoms with Crippen LogP contribution in [0.25, 0.3) is 5.69 Å². The number of hydrogen-bond donors (Lipinski definition) is 1. The average molecular weight is 339 g/mol. The van der Waals surface area contributed by atoms with Crippen LogP contribution in [0.1, 0.15) is 17.3 Å². The van der Waals surface area contributed by atoms with Crippen molar-refractivity contribution in [1.29, 1.82) is 0 Å². The number of aryl methyl sites for hydroxylation is 1. The quantitative estimate of drug-likeness (QED) is 0.786. The summed E-state index contributed by atoms with van der Waals surface area (Å²) in [5, 5.41) is 22.3. The predicted octanol–water partition coefficient (Wildman–Crippen LogP) is 2.01. The minimum atomic E-state index is -0.191. The highest BCUT2D eigenvalue weighted by atomic mass is 35.5. The molecule has 2 aromatic heterocycles. The monoisotopic (exact) mass is 338 g/mol. The Morgan fingerprint density at radius 2 is 2.05 bits per heavy atom. The fraction of sp³-hybridized carbons (Fsp3) is 0.231. The van der Waals surface area contributed by atoms with Crippen molar-refractivity contribution in [2.45, 2.75) is 20.1 Å². The van der Waals surface area contributed by atoms with Crippen LogP contribution < -0.4 is 0 Å². The molecule has 0 aliphatic carbocycles. The summed E-state index contributed by atoms with van der Waals surface area (Å²) < 4.78 is 3.27. The standard InChI is InChI=1S/C13H12Cl2N6O/c1-8-16-13(7-22)18-20(8)5-9-6-21(19-17-9)10-2-3-11(14)12(15)4-10/h2-4,6,22H,5,7H2,1H3. The Balaban J connectivity index is 1.84. The summed E-state index contributed by atoms with van der Waals surface area (Å²) in [6.45, 7) is 2.04. The van der Waals surface area contributed by atoms with Crippen LogP contribution >= 0.6 is 23.2 Å². The molecule has 0 radical (unpaired) electrons. The number of benzene rings is 1. The van der Waals surface area contributed by atoms with Crippen LogP contribution in [0, 0.1) is 6.92 Å². The maximum absolute atomic E-state index is 9.05. The molecule has 7 nitrogen and oxygen atoms in total. The molecule has 22 heavy (non-hydrogen) atoms. The van der Waals surface area contributed by atoms with E-state index in [9.17, 15) is 0 Å². The van der Waals surface area contributed by atoms with Crippen molar-refractivity contribution < 1.29 is 5.11 Å². The van der Waals surface area contributed by atoms with E-state index in [1.165, 1.54) is 0 Å². The second-order valence-electron chi connectivity index (χ2n) is 4.64. The van der Waals surface area contributed by atoms with Crippen LogP contribution in [-0.2, 0) is 13.2 Å². The summed E-state index contributed by atoms with van der Waals surface area (Å²) >= 11 is 11.9. The zero-order valence-electron chi connectivity index (χ0n) is 11.6. The lowest BCUT2D eigenvalue weighted by Gasteiger charge is -2.01. The van der Waals surface area contributed by atoms with E-state index < -0.39 is 0 Å². The Labute approximate surface area is 136 Å². The minimum Gasteiger partial charge on any atom is -0.388 e. The highest BCUT2D eigenvalue weighted by Gasteiger charge is 2.09. The number of hydrogen-bond acceptors (Lipinski definition) is 5. The Kier molecular flexibility index (Phi) is 4.10. The molecule has 3 aromatic rings. The van der Waals surface area contributed by atoms with Gasteiger partial charge in [-0.1, -0.05) is 28.4 Å². The lowest BCUT2D eigenvalue weighted by molar-refractivity contribution is 0.270. The van der Waals surface area contributed by atoms with Gasteiger partial charge in [-0.2, -0.15) is 5.10 Å². The molecule has 0 saturated carbocycles. The van der Waals surface area contributed by atoms with Gasteiger partial charge in [0.15, 0.2) is 5.82 Å². The maximum Gasteiger partial charge on any atom is 0.176 e. The topological polar surface area (TPSA) is 81.7 Å². The van der Waals surface area contributed by atoms with E-state index in [0.717, 1.165) is 5.69 Å². The van der Waals surface area contributed by atoms with E-state index in [0.29, 0.717) is 33.9 Å². The largest absolute Gasteiger partial charge is 0.388 e. The van der Waals surface area contributed by atoms with E-state index in [-0.39, 0.29) is 6.61 Å². The number of nitrogens with zero attached hydrogens (tertiary/aromatic N) is 6. The first-order valence-electron chi connectivity index (χ1n) is 6.44. The van der Waals surface area contributed by atoms with Crippen LogP contribution in [0.4, 0.5) is 0 Å². The van der Waals surface area contributed by atoms with Gasteiger partial charge in [-0.05, 0) is 25.1 Å². The molecule has 9 heteroatoms. The Hall–Kier alpha value is -1.96. The molecule has 114 valence electrons. The fourth-order valence-corrected chi connectivity index (χ4v) is 2.27. The van der Waals surface area contributed by atoms with Crippen LogP contribution in [0.15, 0.2) is 24.4 Å². The third kappa shape index (κ3) is 2.96. The maximum atomic E-state index is 9.05. The summed E-state index contributed by atoms with van der Waals surface area (Å²) in [4.78, 5) is 4.13. The van der Waals surface area contributed by atoms with Gasteiger partial charge in [-0.15, -0.1) is 5.10 Å². The first kappa shape index (κ1) is 15.0. The Morgan fingerprint density at radius 3 is 2.73 bits per heavy atom. The molecular weight excluding hydrogens is 327 g/mol. The van der Waals surface area contributed by atoms with Gasteiger partial charge in [-0.25, -0.2) is 14.3 Å². The molecule has 0 aliphatic heterocycles. The molecule has 0 saturated heterocycles. The van der Waals surface area contributed by atoms with Crippen LogP contribution in [0.5, 0.6) is 0 Å². The van der Waals surface area contributed by atoms with Crippen molar-refractivity contribution in [3.05, 3.63) is 51.8 Å². The molecule has 0 bridgehead atoms. The number of aliphatic hydroxyl groups excluding tert-OH is 1. The summed E-state index contributed by atoms with van der Waals surface area (Å²) in [6.07, 6.45) is 1.78. The third-order valence-corrected chi connectivity index (χ3v) is 3.80. The van der Waals surface area contributed by atoms with E-state index in [4.69, 9.17) is 28.3 Å². The third-order valence-electron chi connectivity index (χ3n) is 3.06. The van der Waals surface area contributed by atoms with Crippen molar-refractivity contribution in [1.82, 2.24) is 29.8 Å². The van der Waals surface area contributed by atoms with Crippen molar-refractivity contribution in [3.63, 3.8) is 0 Å². The summed E-state index contributed by atoms with van der Waals surface area (Å²) in [5.74, 6) is 1.09. The van der Waals surface area contributed by atoms with E-state index >= 15 is 0 Å². The van der Waals surface area contributed by atoms with Crippen molar-refractivity contribution in [2.24, 2.45) is 0 Å². The molecule has 0 atom stereocenters. The normalized spacial score (nSPS) is 11.1. The fourth-order valence-electron chi connectivity index (χ4n) is 1.97. The molecule has 0 amide bonds. The minimum absolute atomic E-state index is 0.191. The highest BCUT2D eigenvalue weighted by Crippen LogP contribution is 2.24. The second-order valence-corrected chi connectivity index (χ2v) is 5.46. The molecule has 3 rings (SSSR count). The van der Waals surface area contributed by atoms with E-state index in [1.54, 1.807) is 33.8 Å². The zero-order valence-corrected chi connectivity index (χ0v) is 13.1. The Morgan fingerprint density at radius 1 is 1.23 bits per heavy atom. The van der Waals surface area contributed by atoms with Crippen molar-refractivity contribution in [3.8, 4) is 5.69 Å². The first-order chi connectivity index (χ1) is 10.6. The Bertz CT molecular complexity index is 813. The summed E-state index contributed by atoms with van der Waals surface area (Å²) in [7, 11) is 0. The molecule has 2 heterocycles. The van der Waals surface area contributed by atoms with Gasteiger partial charge in [0.25, 0.3) is 0 Å². The van der Waals surface area contributed by atoms with Crippen molar-refractivity contribution in [2.75, 3.05) is 0 Å². The van der Waals surface area contributed by atoms with Crippen LogP contribution in [-0.4, -0.2) is 34.9 Å². The molecule has 0 unspecified atom stereocenters. The first-order valence-corrected chi connectivity index (χ1v) is 7.20. The van der Waals surface area contributed by atoms with Gasteiger partial charge in [0.1, 0.15) is 18.1 Å². The van der Waals surface area contributed by atoms with Gasteiger partial charge >= 0.3 is 0 Å². The van der Waals surface area contributed by atoms with Gasteiger partial charge < -0.3 is 5.11 Å². The molecule has 0 spiro atoms. The van der Waals surface area contributed by atoms with Gasteiger partial charge in [0, 0.05) is 0 Å². The highest BCUT2D eigenvalue weighted by molar-refractivity contribution is 6.42. The molecule has 0 aliphatic rings. The lowest BCUT2D eigenvalue weighted by Crippen LogP contribution is -2.04. The number of rotatable bonds is 4. The zero-order chi connectivity index (χ0) is 15.7. The van der Waals surface area contributed by atoms with Crippen molar-refractivity contribution >= 4 is 23.2 Å². The van der Waals surface area contributed by atoms with Gasteiger partial charge in [0.05, 0.1) is 28.5 Å². The summed E-state index contributed by atoms with van der Waals surface area (Å²) in [6, 6.07) is 5.22. The summed E-state index contributed by atoms with van der Waals surface area (Å²) in [5.41, 5.74) is 1.48. The van der Waals surface area contributed by atoms with E-state index in [1.807, 2.05) is 6.92 Å². The SMILES string of the molecule is Cc1nc(CO)nn1Cc1cn(-c2ccc(Cl)c(Cl)c2)nn1. The van der Waals surface area contributed by atoms with Crippen LogP contribution in [0.2, 0.25) is 10.0 Å². The molecule has 1 aromatic carbocycles. The van der Waals surface area contributed by atoms with Gasteiger partial charge in [0.2, 0.25) is 0 Å². The molecular formula is C13H12Cl2N6O. The molecule has 1 N–H and O–H groups in total. The lowest BCUT2D eigenvalue weighted by atomic mass is 10.3. The van der Waals surface area contributed by atoms with Gasteiger partial charge in [-0.3, -0.25) is 0 Å². The second kappa shape index (κ2) is 6.04. The average Bonchev–Trinajstić information content (AvgIpc) is 3.10. The predicted molar refractivity (Wildman–Crippen MR) is 81.2 cm³/mol. The smallest absolute Gasteiger partial charge is 0.176 e. The molecule has 0 fully saturated rings. The number of aromatic nitrogens is 6. The van der Waals surface area contributed by atoms with E-state index in [2.05, 4.69) is 20.4 Å². The van der Waals surface area contributed by atoms with Crippen LogP contribution in [0.3, 0.4) is 0 Å².